The van der Waals surface area contributed by atoms with Crippen molar-refractivity contribution in [2.75, 3.05) is 18.0 Å². The third-order valence-electron chi connectivity index (χ3n) is 4.61. The van der Waals surface area contributed by atoms with Gasteiger partial charge in [0.1, 0.15) is 5.82 Å². The summed E-state index contributed by atoms with van der Waals surface area (Å²) in [7, 11) is 0. The van der Waals surface area contributed by atoms with E-state index in [2.05, 4.69) is 51.3 Å². The van der Waals surface area contributed by atoms with Gasteiger partial charge >= 0.3 is 0 Å². The predicted octanol–water partition coefficient (Wildman–Crippen LogP) is 2.24. The van der Waals surface area contributed by atoms with Gasteiger partial charge in [0.2, 0.25) is 5.66 Å². The third-order valence-corrected chi connectivity index (χ3v) is 4.61. The molecule has 2 aromatic rings. The van der Waals surface area contributed by atoms with Crippen molar-refractivity contribution in [2.45, 2.75) is 57.8 Å². The Balaban J connectivity index is 1.83. The Kier molecular flexibility index (Phi) is 3.76. The highest BCUT2D eigenvalue weighted by Gasteiger charge is 2.31. The van der Waals surface area contributed by atoms with E-state index in [1.54, 1.807) is 6.33 Å². The van der Waals surface area contributed by atoms with Crippen molar-refractivity contribution in [1.82, 2.24) is 19.5 Å². The van der Waals surface area contributed by atoms with Gasteiger partial charge in [-0.3, -0.25) is 0 Å². The van der Waals surface area contributed by atoms with Crippen LogP contribution < -0.4 is 4.90 Å². The van der Waals surface area contributed by atoms with Crippen molar-refractivity contribution in [2.24, 2.45) is 20.7 Å². The van der Waals surface area contributed by atoms with E-state index >= 15 is 0 Å². The maximum Gasteiger partial charge on any atom is 0.210 e. The Morgan fingerprint density at radius 2 is 1.96 bits per heavy atom. The number of hydrogen-bond acceptors (Lipinski definition) is 9. The molecule has 0 bridgehead atoms. The lowest BCUT2D eigenvalue weighted by molar-refractivity contribution is 0.198. The molecule has 1 unspecified atom stereocenters. The van der Waals surface area contributed by atoms with Gasteiger partial charge in [0.15, 0.2) is 17.0 Å². The highest BCUT2D eigenvalue weighted by atomic mass is 16.3. The Bertz CT molecular complexity index is 883. The first kappa shape index (κ1) is 17.0. The highest BCUT2D eigenvalue weighted by molar-refractivity contribution is 5.84. The normalized spacial score (nSPS) is 22.0. The molecule has 1 fully saturated rings. The minimum atomic E-state index is -0.746. The van der Waals surface area contributed by atoms with E-state index in [4.69, 9.17) is 9.97 Å². The fourth-order valence-electron chi connectivity index (χ4n) is 3.17. The van der Waals surface area contributed by atoms with Crippen LogP contribution in [0.1, 0.15) is 39.9 Å². The van der Waals surface area contributed by atoms with Crippen LogP contribution >= 0.6 is 0 Å². The van der Waals surface area contributed by atoms with Gasteiger partial charge in [0.05, 0.1) is 19.0 Å². The van der Waals surface area contributed by atoms with E-state index in [-0.39, 0.29) is 11.5 Å². The second-order valence-corrected chi connectivity index (χ2v) is 8.15. The highest BCUT2D eigenvalue weighted by Crippen LogP contribution is 2.31. The van der Waals surface area contributed by atoms with Crippen molar-refractivity contribution in [3.05, 3.63) is 12.2 Å². The topological polar surface area (TPSA) is 117 Å². The van der Waals surface area contributed by atoms with E-state index in [1.807, 2.05) is 11.5 Å². The van der Waals surface area contributed by atoms with Gasteiger partial charge in [0, 0.05) is 18.5 Å². The van der Waals surface area contributed by atoms with Crippen molar-refractivity contribution in [3.63, 3.8) is 0 Å². The molecule has 2 aromatic heterocycles. The largest absolute Gasteiger partial charge is 0.391 e. The van der Waals surface area contributed by atoms with Crippen LogP contribution in [0.25, 0.3) is 11.2 Å². The Labute approximate surface area is 151 Å². The molecule has 26 heavy (non-hydrogen) atoms. The summed E-state index contributed by atoms with van der Waals surface area (Å²) in [5, 5.41) is 25.4. The molecule has 0 aromatic carbocycles. The number of rotatable bonds is 3. The van der Waals surface area contributed by atoms with Crippen LogP contribution in [-0.2, 0) is 12.0 Å². The van der Waals surface area contributed by atoms with Crippen LogP contribution in [0.15, 0.2) is 27.0 Å². The number of aromatic nitrogens is 4. The van der Waals surface area contributed by atoms with E-state index < -0.39 is 5.66 Å². The number of nitrogens with zero attached hydrogens (tertiary/aromatic N) is 9. The average molecular weight is 357 g/mol. The van der Waals surface area contributed by atoms with E-state index in [1.165, 1.54) is 0 Å². The number of hydrogen-bond donors (Lipinski definition) is 1. The molecule has 10 heteroatoms. The second kappa shape index (κ2) is 5.76. The molecule has 0 spiro atoms. The molecule has 1 atom stereocenters. The maximum absolute atomic E-state index is 9.93. The molecule has 4 heterocycles. The molecular weight excluding hydrogens is 334 g/mol. The molecule has 10 nitrogen and oxygen atoms in total. The summed E-state index contributed by atoms with van der Waals surface area (Å²) in [4.78, 5) is 16.2. The fraction of sp³-hybridized carbons (Fsp3) is 0.688. The molecule has 0 amide bonds. The first-order valence-electron chi connectivity index (χ1n) is 8.76. The SMILES string of the molecule is CC1(Cn2cnc3c(N4CCC(O)C4)nc(C(C)(C)C)nc32)N=NN=N1. The lowest BCUT2D eigenvalue weighted by Gasteiger charge is -2.22. The van der Waals surface area contributed by atoms with E-state index in [0.717, 1.165) is 35.8 Å². The molecule has 0 saturated carbocycles. The first-order valence-corrected chi connectivity index (χ1v) is 8.76. The maximum atomic E-state index is 9.93. The molecule has 1 N–H and O–H groups in total. The lowest BCUT2D eigenvalue weighted by atomic mass is 9.96. The number of β-amino-alcohol motifs (C(OH)–C–C–N with tert-alkyl or cyclic N) is 1. The average Bonchev–Trinajstić information content (AvgIpc) is 3.27. The zero-order valence-electron chi connectivity index (χ0n) is 15.5. The summed E-state index contributed by atoms with van der Waals surface area (Å²) in [5.41, 5.74) is 0.500. The molecule has 138 valence electrons. The van der Waals surface area contributed by atoms with Crippen LogP contribution in [0.3, 0.4) is 0 Å². The molecular formula is C16H23N9O. The molecule has 1 saturated heterocycles. The van der Waals surface area contributed by atoms with Crippen LogP contribution in [0.2, 0.25) is 0 Å². The van der Waals surface area contributed by atoms with Gasteiger partial charge in [0.25, 0.3) is 0 Å². The van der Waals surface area contributed by atoms with Gasteiger partial charge in [-0.2, -0.15) is 0 Å². The van der Waals surface area contributed by atoms with Gasteiger partial charge in [-0.1, -0.05) is 20.8 Å². The van der Waals surface area contributed by atoms with Crippen LogP contribution in [0, 0.1) is 0 Å². The number of fused-ring (bicyclic) bond motifs is 1. The van der Waals surface area contributed by atoms with E-state index in [9.17, 15) is 5.11 Å². The number of imidazole rings is 1. The van der Waals surface area contributed by atoms with Gasteiger partial charge in [-0.05, 0) is 23.8 Å². The van der Waals surface area contributed by atoms with Crippen molar-refractivity contribution >= 4 is 17.0 Å². The summed E-state index contributed by atoms with van der Waals surface area (Å²) in [6.07, 6.45) is 2.13. The van der Waals surface area contributed by atoms with Crippen LogP contribution in [0.5, 0.6) is 0 Å². The fourth-order valence-corrected chi connectivity index (χ4v) is 3.17. The number of aliphatic hydroxyl groups excluding tert-OH is 1. The molecule has 4 rings (SSSR count). The summed E-state index contributed by atoms with van der Waals surface area (Å²) in [6, 6.07) is 0. The van der Waals surface area contributed by atoms with Crippen LogP contribution in [-0.4, -0.2) is 49.5 Å². The van der Waals surface area contributed by atoms with Crippen molar-refractivity contribution in [1.29, 1.82) is 0 Å². The summed E-state index contributed by atoms with van der Waals surface area (Å²) in [6.45, 7) is 9.86. The third kappa shape index (κ3) is 2.94. The Hall–Kier alpha value is -2.49. The second-order valence-electron chi connectivity index (χ2n) is 8.15. The lowest BCUT2D eigenvalue weighted by Crippen LogP contribution is -2.26. The zero-order chi connectivity index (χ0) is 18.5. The Morgan fingerprint density at radius 3 is 2.58 bits per heavy atom. The summed E-state index contributed by atoms with van der Waals surface area (Å²) >= 11 is 0. The zero-order valence-corrected chi connectivity index (χ0v) is 15.5. The van der Waals surface area contributed by atoms with Gasteiger partial charge < -0.3 is 14.6 Å². The van der Waals surface area contributed by atoms with Gasteiger partial charge in [-0.15, -0.1) is 10.2 Å². The minimum absolute atomic E-state index is 0.215. The molecule has 2 aliphatic rings. The quantitative estimate of drug-likeness (QED) is 0.904. The first-order chi connectivity index (χ1) is 12.3. The van der Waals surface area contributed by atoms with Crippen molar-refractivity contribution < 1.29 is 5.11 Å². The molecule has 0 radical (unpaired) electrons. The summed E-state index contributed by atoms with van der Waals surface area (Å²) in [5.74, 6) is 1.51. The standard InChI is InChI=1S/C16H23N9O/c1-15(2,3)14-18-12(24-6-5-10(26)7-24)11-13(19-14)25(9-17-11)8-16(4)20-22-23-21-16/h9-10,26H,5-8H2,1-4H3. The van der Waals surface area contributed by atoms with Crippen LogP contribution in [0.4, 0.5) is 5.82 Å². The summed E-state index contributed by atoms with van der Waals surface area (Å²) < 4.78 is 1.92. The van der Waals surface area contributed by atoms with Gasteiger partial charge in [-0.25, -0.2) is 15.0 Å². The number of anilines is 1. The molecule has 2 aliphatic heterocycles. The Morgan fingerprint density at radius 1 is 1.23 bits per heavy atom. The predicted molar refractivity (Wildman–Crippen MR) is 95.0 cm³/mol. The molecule has 0 aliphatic carbocycles. The minimum Gasteiger partial charge on any atom is -0.391 e. The smallest absolute Gasteiger partial charge is 0.210 e. The number of aliphatic hydroxyl groups is 1. The van der Waals surface area contributed by atoms with Crippen molar-refractivity contribution in [3.8, 4) is 0 Å². The monoisotopic (exact) mass is 357 g/mol. The van der Waals surface area contributed by atoms with E-state index in [0.29, 0.717) is 13.1 Å².